The largest absolute Gasteiger partial charge is 0.478 e. The molecular formula is C18H10Cl2FNO. The number of rotatable bonds is 4. The van der Waals surface area contributed by atoms with Gasteiger partial charge in [-0.25, -0.2) is 4.39 Å². The van der Waals surface area contributed by atoms with Crippen molar-refractivity contribution >= 4 is 34.9 Å². The highest BCUT2D eigenvalue weighted by Crippen LogP contribution is 2.35. The molecule has 2 aromatic rings. The van der Waals surface area contributed by atoms with Crippen LogP contribution in [0.3, 0.4) is 0 Å². The van der Waals surface area contributed by atoms with Gasteiger partial charge in [0.25, 0.3) is 0 Å². The van der Waals surface area contributed by atoms with Crippen LogP contribution in [0.25, 0.3) is 11.6 Å². The summed E-state index contributed by atoms with van der Waals surface area (Å²) in [6.45, 7) is 0.0430. The van der Waals surface area contributed by atoms with E-state index in [1.807, 2.05) is 6.07 Å². The predicted molar refractivity (Wildman–Crippen MR) is 90.7 cm³/mol. The lowest BCUT2D eigenvalue weighted by molar-refractivity contribution is 0.371. The Balaban J connectivity index is 2.42. The Kier molecular flexibility index (Phi) is 5.66. The summed E-state index contributed by atoms with van der Waals surface area (Å²) in [6, 6.07) is 11.0. The van der Waals surface area contributed by atoms with Gasteiger partial charge in [-0.3, -0.25) is 0 Å². The molecular weight excluding hydrogens is 336 g/mol. The van der Waals surface area contributed by atoms with Crippen LogP contribution in [0.1, 0.15) is 11.1 Å². The minimum atomic E-state index is -0.419. The fourth-order valence-corrected chi connectivity index (χ4v) is 2.53. The van der Waals surface area contributed by atoms with Crippen LogP contribution in [-0.2, 0) is 0 Å². The van der Waals surface area contributed by atoms with E-state index >= 15 is 0 Å². The molecule has 0 aliphatic rings. The first-order valence-electron chi connectivity index (χ1n) is 6.48. The van der Waals surface area contributed by atoms with Crippen LogP contribution in [0, 0.1) is 29.5 Å². The Hall–Kier alpha value is -2.46. The molecule has 2 rings (SSSR count). The lowest BCUT2D eigenvalue weighted by Gasteiger charge is -2.09. The second-order valence-electron chi connectivity index (χ2n) is 4.49. The summed E-state index contributed by atoms with van der Waals surface area (Å²) in [6.07, 6.45) is 6.70. The number of hydrogen-bond donors (Lipinski definition) is 0. The molecule has 0 aliphatic heterocycles. The molecule has 0 saturated carbocycles. The van der Waals surface area contributed by atoms with Gasteiger partial charge in [0.1, 0.15) is 12.4 Å². The fraction of sp³-hybridized carbons (Fsp3) is 0.0556. The third-order valence-corrected chi connectivity index (χ3v) is 3.45. The Labute approximate surface area is 143 Å². The van der Waals surface area contributed by atoms with Crippen LogP contribution in [0.4, 0.5) is 4.39 Å². The summed E-state index contributed by atoms with van der Waals surface area (Å²) in [5.41, 5.74) is 1.34. The number of hydrogen-bond acceptors (Lipinski definition) is 2. The molecule has 0 heterocycles. The van der Waals surface area contributed by atoms with Crippen molar-refractivity contribution in [3.8, 4) is 24.2 Å². The van der Waals surface area contributed by atoms with Gasteiger partial charge in [-0.2, -0.15) is 5.26 Å². The Morgan fingerprint density at radius 1 is 1.26 bits per heavy atom. The first-order valence-corrected chi connectivity index (χ1v) is 7.23. The van der Waals surface area contributed by atoms with Crippen LogP contribution < -0.4 is 4.74 Å². The van der Waals surface area contributed by atoms with Gasteiger partial charge in [0.05, 0.1) is 21.7 Å². The van der Waals surface area contributed by atoms with E-state index in [-0.39, 0.29) is 28.0 Å². The number of nitrogens with zero attached hydrogens (tertiary/aromatic N) is 1. The van der Waals surface area contributed by atoms with Crippen LogP contribution >= 0.6 is 23.2 Å². The Bertz CT molecular complexity index is 824. The molecule has 0 amide bonds. The summed E-state index contributed by atoms with van der Waals surface area (Å²) in [7, 11) is 0. The molecule has 0 atom stereocenters. The zero-order chi connectivity index (χ0) is 16.8. The predicted octanol–water partition coefficient (Wildman–Crippen LogP) is 5.21. The second kappa shape index (κ2) is 7.70. The molecule has 5 heteroatoms. The van der Waals surface area contributed by atoms with Crippen molar-refractivity contribution in [1.29, 1.82) is 5.26 Å². The van der Waals surface area contributed by atoms with Gasteiger partial charge >= 0.3 is 0 Å². The van der Waals surface area contributed by atoms with E-state index in [1.54, 1.807) is 24.3 Å². The maximum Gasteiger partial charge on any atom is 0.157 e. The van der Waals surface area contributed by atoms with Crippen molar-refractivity contribution in [2.24, 2.45) is 0 Å². The summed E-state index contributed by atoms with van der Waals surface area (Å²) < 4.78 is 18.6. The Morgan fingerprint density at radius 2 is 1.96 bits per heavy atom. The molecule has 0 fully saturated rings. The summed E-state index contributed by atoms with van der Waals surface area (Å²) in [5.74, 6) is 2.19. The number of benzene rings is 2. The standard InChI is InChI=1S/C18H10Cl2FNO/c1-2-6-23-18-16(19)8-12(9-17(18)20)7-14(11-22)13-4-3-5-15(21)10-13/h1,3-5,7-10H,6H2/b14-7-. The monoisotopic (exact) mass is 345 g/mol. The third kappa shape index (κ3) is 4.27. The number of ether oxygens (including phenoxy) is 1. The lowest BCUT2D eigenvalue weighted by atomic mass is 10.0. The maximum absolute atomic E-state index is 13.3. The molecule has 0 saturated heterocycles. The first-order chi connectivity index (χ1) is 11.0. The van der Waals surface area contributed by atoms with E-state index < -0.39 is 5.82 Å². The zero-order valence-corrected chi connectivity index (χ0v) is 13.3. The van der Waals surface area contributed by atoms with E-state index in [0.29, 0.717) is 11.1 Å². The van der Waals surface area contributed by atoms with Gasteiger partial charge in [0, 0.05) is 0 Å². The quantitative estimate of drug-likeness (QED) is 0.433. The molecule has 0 bridgehead atoms. The highest BCUT2D eigenvalue weighted by Gasteiger charge is 2.10. The summed E-state index contributed by atoms with van der Waals surface area (Å²) in [5, 5.41) is 9.83. The normalized spacial score (nSPS) is 10.7. The molecule has 114 valence electrons. The topological polar surface area (TPSA) is 33.0 Å². The van der Waals surface area contributed by atoms with E-state index in [4.69, 9.17) is 34.4 Å². The van der Waals surface area contributed by atoms with E-state index in [1.165, 1.54) is 18.2 Å². The number of terminal acetylenes is 1. The van der Waals surface area contributed by atoms with Crippen LogP contribution in [0.5, 0.6) is 5.75 Å². The van der Waals surface area contributed by atoms with Crippen molar-refractivity contribution in [2.45, 2.75) is 0 Å². The summed E-state index contributed by atoms with van der Waals surface area (Å²) in [4.78, 5) is 0. The van der Waals surface area contributed by atoms with Gasteiger partial charge in [-0.05, 0) is 41.5 Å². The highest BCUT2D eigenvalue weighted by atomic mass is 35.5. The second-order valence-corrected chi connectivity index (χ2v) is 5.30. The molecule has 0 N–H and O–H groups in total. The number of nitriles is 1. The zero-order valence-electron chi connectivity index (χ0n) is 11.8. The van der Waals surface area contributed by atoms with E-state index in [2.05, 4.69) is 5.92 Å². The van der Waals surface area contributed by atoms with Crippen molar-refractivity contribution in [1.82, 2.24) is 0 Å². The minimum Gasteiger partial charge on any atom is -0.478 e. The molecule has 2 aromatic carbocycles. The van der Waals surface area contributed by atoms with Gasteiger partial charge in [-0.1, -0.05) is 41.3 Å². The molecule has 0 unspecified atom stereocenters. The number of halogens is 3. The maximum atomic E-state index is 13.3. The SMILES string of the molecule is C#CCOc1c(Cl)cc(/C=C(/C#N)c2cccc(F)c2)cc1Cl. The van der Waals surface area contributed by atoms with Crippen molar-refractivity contribution < 1.29 is 9.13 Å². The van der Waals surface area contributed by atoms with E-state index in [0.717, 1.165) is 0 Å². The van der Waals surface area contributed by atoms with Gasteiger partial charge in [-0.15, -0.1) is 6.42 Å². The van der Waals surface area contributed by atoms with Crippen LogP contribution in [0.2, 0.25) is 10.0 Å². The van der Waals surface area contributed by atoms with Gasteiger partial charge < -0.3 is 4.74 Å². The van der Waals surface area contributed by atoms with E-state index in [9.17, 15) is 9.65 Å². The average molecular weight is 346 g/mol. The molecule has 0 spiro atoms. The lowest BCUT2D eigenvalue weighted by Crippen LogP contribution is -1.95. The summed E-state index contributed by atoms with van der Waals surface area (Å²) >= 11 is 12.2. The molecule has 0 radical (unpaired) electrons. The average Bonchev–Trinajstić information content (AvgIpc) is 2.52. The first kappa shape index (κ1) is 16.9. The van der Waals surface area contributed by atoms with Crippen LogP contribution in [-0.4, -0.2) is 6.61 Å². The van der Waals surface area contributed by atoms with Crippen molar-refractivity contribution in [2.75, 3.05) is 6.61 Å². The van der Waals surface area contributed by atoms with Crippen molar-refractivity contribution in [3.05, 3.63) is 63.4 Å². The minimum absolute atomic E-state index is 0.0430. The third-order valence-electron chi connectivity index (χ3n) is 2.89. The van der Waals surface area contributed by atoms with Gasteiger partial charge in [0.15, 0.2) is 5.75 Å². The fourth-order valence-electron chi connectivity index (χ4n) is 1.92. The molecule has 23 heavy (non-hydrogen) atoms. The van der Waals surface area contributed by atoms with Gasteiger partial charge in [0.2, 0.25) is 0 Å². The smallest absolute Gasteiger partial charge is 0.157 e. The van der Waals surface area contributed by atoms with Crippen LogP contribution in [0.15, 0.2) is 36.4 Å². The van der Waals surface area contributed by atoms with Crippen molar-refractivity contribution in [3.63, 3.8) is 0 Å². The molecule has 2 nitrogen and oxygen atoms in total. The molecule has 0 aliphatic carbocycles. The number of allylic oxidation sites excluding steroid dienone is 1. The Morgan fingerprint density at radius 3 is 2.52 bits per heavy atom. The molecule has 0 aromatic heterocycles. The highest BCUT2D eigenvalue weighted by molar-refractivity contribution is 6.37.